The fraction of sp³-hybridized carbons (Fsp3) is 0.500. The predicted molar refractivity (Wildman–Crippen MR) is 74.0 cm³/mol. The van der Waals surface area contributed by atoms with Crippen LogP contribution in [0.5, 0.6) is 0 Å². The molecule has 0 saturated carbocycles. The van der Waals surface area contributed by atoms with Gasteiger partial charge in [0.05, 0.1) is 0 Å². The summed E-state index contributed by atoms with van der Waals surface area (Å²) in [5.41, 5.74) is 10.6. The van der Waals surface area contributed by atoms with Gasteiger partial charge in [-0.1, -0.05) is 6.07 Å². The van der Waals surface area contributed by atoms with Crippen molar-refractivity contribution in [2.24, 2.45) is 5.73 Å². The highest BCUT2D eigenvalue weighted by Gasteiger charge is 2.15. The van der Waals surface area contributed by atoms with E-state index in [1.54, 1.807) is 0 Å². The molecule has 0 heterocycles. The molecule has 0 saturated heterocycles. The fourth-order valence-corrected chi connectivity index (χ4v) is 1.94. The van der Waals surface area contributed by atoms with Crippen LogP contribution >= 0.6 is 0 Å². The van der Waals surface area contributed by atoms with Gasteiger partial charge in [0, 0.05) is 32.2 Å². The van der Waals surface area contributed by atoms with Gasteiger partial charge in [0.2, 0.25) is 0 Å². The first-order valence-electron chi connectivity index (χ1n) is 6.08. The van der Waals surface area contributed by atoms with Gasteiger partial charge in [-0.2, -0.15) is 0 Å². The lowest BCUT2D eigenvalue weighted by Crippen LogP contribution is -2.19. The lowest BCUT2D eigenvalue weighted by atomic mass is 9.96. The molecule has 0 aliphatic rings. The second-order valence-corrected chi connectivity index (χ2v) is 4.93. The molecule has 0 amide bonds. The van der Waals surface area contributed by atoms with E-state index in [0.29, 0.717) is 6.42 Å². The molecular weight excluding hydrogens is 228 g/mol. The number of carboxylic acid groups (broad SMARTS) is 1. The summed E-state index contributed by atoms with van der Waals surface area (Å²) in [6, 6.07) is 3.93. The van der Waals surface area contributed by atoms with Gasteiger partial charge in [0.25, 0.3) is 0 Å². The molecule has 18 heavy (non-hydrogen) atoms. The molecule has 0 fully saturated rings. The van der Waals surface area contributed by atoms with Crippen LogP contribution in [-0.2, 0) is 4.79 Å². The normalized spacial score (nSPS) is 12.3. The molecule has 1 aromatic rings. The highest BCUT2D eigenvalue weighted by atomic mass is 16.4. The Kier molecular flexibility index (Phi) is 4.73. The van der Waals surface area contributed by atoms with Crippen LogP contribution in [0.4, 0.5) is 5.69 Å². The molecule has 1 unspecified atom stereocenters. The van der Waals surface area contributed by atoms with Gasteiger partial charge < -0.3 is 15.7 Å². The van der Waals surface area contributed by atoms with Crippen LogP contribution in [-0.4, -0.2) is 25.2 Å². The second-order valence-electron chi connectivity index (χ2n) is 4.93. The van der Waals surface area contributed by atoms with Crippen LogP contribution < -0.4 is 10.6 Å². The predicted octanol–water partition coefficient (Wildman–Crippen LogP) is 2.23. The Hall–Kier alpha value is -1.55. The molecule has 3 N–H and O–H groups in total. The van der Waals surface area contributed by atoms with Crippen molar-refractivity contribution in [3.8, 4) is 0 Å². The minimum Gasteiger partial charge on any atom is -0.481 e. The first kappa shape index (κ1) is 14.5. The van der Waals surface area contributed by atoms with Gasteiger partial charge in [0.1, 0.15) is 0 Å². The molecule has 0 aromatic heterocycles. The van der Waals surface area contributed by atoms with Crippen LogP contribution in [0.1, 0.15) is 35.6 Å². The molecule has 1 aromatic carbocycles. The molecule has 1 atom stereocenters. The van der Waals surface area contributed by atoms with Crippen molar-refractivity contribution in [2.45, 2.75) is 32.7 Å². The summed E-state index contributed by atoms with van der Waals surface area (Å²) >= 11 is 0. The quantitative estimate of drug-likeness (QED) is 0.841. The maximum absolute atomic E-state index is 10.6. The monoisotopic (exact) mass is 250 g/mol. The van der Waals surface area contributed by atoms with E-state index in [1.807, 2.05) is 25.9 Å². The third-order valence-corrected chi connectivity index (χ3v) is 3.19. The number of carboxylic acids is 1. The molecule has 4 heteroatoms. The molecule has 0 radical (unpaired) electrons. The molecule has 100 valence electrons. The van der Waals surface area contributed by atoms with Crippen LogP contribution in [0.25, 0.3) is 0 Å². The van der Waals surface area contributed by atoms with Crippen molar-refractivity contribution in [1.82, 2.24) is 0 Å². The van der Waals surface area contributed by atoms with Gasteiger partial charge in [-0.15, -0.1) is 0 Å². The summed E-state index contributed by atoms with van der Waals surface area (Å²) < 4.78 is 0. The lowest BCUT2D eigenvalue weighted by Gasteiger charge is -2.23. The van der Waals surface area contributed by atoms with E-state index in [2.05, 4.69) is 19.1 Å². The summed E-state index contributed by atoms with van der Waals surface area (Å²) in [4.78, 5) is 12.6. The van der Waals surface area contributed by atoms with Crippen LogP contribution in [0.2, 0.25) is 0 Å². The average Bonchev–Trinajstić information content (AvgIpc) is 2.28. The van der Waals surface area contributed by atoms with E-state index >= 15 is 0 Å². The molecule has 0 bridgehead atoms. The Bertz CT molecular complexity index is 442. The summed E-state index contributed by atoms with van der Waals surface area (Å²) in [7, 11) is 3.94. The molecule has 0 aliphatic carbocycles. The zero-order valence-corrected chi connectivity index (χ0v) is 11.5. The first-order chi connectivity index (χ1) is 8.32. The van der Waals surface area contributed by atoms with Crippen molar-refractivity contribution >= 4 is 11.7 Å². The Morgan fingerprint density at radius 3 is 2.39 bits per heavy atom. The van der Waals surface area contributed by atoms with Crippen LogP contribution in [0.15, 0.2) is 12.1 Å². The minimum absolute atomic E-state index is 0.0982. The van der Waals surface area contributed by atoms with E-state index in [4.69, 9.17) is 10.8 Å². The molecule has 0 aliphatic heterocycles. The number of nitrogens with two attached hydrogens (primary N) is 1. The van der Waals surface area contributed by atoms with Gasteiger partial charge in [0.15, 0.2) is 0 Å². The van der Waals surface area contributed by atoms with E-state index in [-0.39, 0.29) is 12.5 Å². The number of benzene rings is 1. The lowest BCUT2D eigenvalue weighted by molar-refractivity contribution is -0.137. The number of anilines is 1. The van der Waals surface area contributed by atoms with Gasteiger partial charge in [-0.05, 0) is 43.0 Å². The summed E-state index contributed by atoms with van der Waals surface area (Å²) in [5.74, 6) is -0.805. The third-order valence-electron chi connectivity index (χ3n) is 3.19. The number of rotatable bonds is 5. The Morgan fingerprint density at radius 1 is 1.33 bits per heavy atom. The zero-order chi connectivity index (χ0) is 13.9. The second kappa shape index (κ2) is 5.87. The standard InChI is InChI=1S/C14H22N2O2/c1-9-7-11(12(15)5-6-14(17)18)13(16(3)4)8-10(9)2/h7-8,12H,5-6,15H2,1-4H3,(H,17,18). The Balaban J connectivity index is 3.05. The first-order valence-corrected chi connectivity index (χ1v) is 6.08. The summed E-state index contributed by atoms with van der Waals surface area (Å²) in [6.07, 6.45) is 0.555. The molecule has 1 rings (SSSR count). The molecule has 4 nitrogen and oxygen atoms in total. The van der Waals surface area contributed by atoms with Gasteiger partial charge in [-0.25, -0.2) is 0 Å². The van der Waals surface area contributed by atoms with Crippen molar-refractivity contribution in [1.29, 1.82) is 0 Å². The van der Waals surface area contributed by atoms with Crippen molar-refractivity contribution in [3.05, 3.63) is 28.8 Å². The number of nitrogens with zero attached hydrogens (tertiary/aromatic N) is 1. The van der Waals surface area contributed by atoms with Gasteiger partial charge in [-0.3, -0.25) is 4.79 Å². The molecular formula is C14H22N2O2. The number of hydrogen-bond donors (Lipinski definition) is 2. The largest absolute Gasteiger partial charge is 0.481 e. The van der Waals surface area contributed by atoms with Crippen molar-refractivity contribution in [2.75, 3.05) is 19.0 Å². The maximum atomic E-state index is 10.6. The van der Waals surface area contributed by atoms with E-state index in [1.165, 1.54) is 11.1 Å². The number of aliphatic carboxylic acids is 1. The van der Waals surface area contributed by atoms with E-state index in [9.17, 15) is 4.79 Å². The van der Waals surface area contributed by atoms with E-state index in [0.717, 1.165) is 11.3 Å². The number of carbonyl (C=O) groups is 1. The Labute approximate surface area is 108 Å². The summed E-state index contributed by atoms with van der Waals surface area (Å²) in [6.45, 7) is 4.11. The SMILES string of the molecule is Cc1cc(C(N)CCC(=O)O)c(N(C)C)cc1C. The zero-order valence-electron chi connectivity index (χ0n) is 11.5. The van der Waals surface area contributed by atoms with Crippen LogP contribution in [0, 0.1) is 13.8 Å². The smallest absolute Gasteiger partial charge is 0.303 e. The number of hydrogen-bond acceptors (Lipinski definition) is 3. The molecule has 0 spiro atoms. The fourth-order valence-electron chi connectivity index (χ4n) is 1.94. The highest BCUT2D eigenvalue weighted by molar-refractivity contribution is 5.67. The maximum Gasteiger partial charge on any atom is 0.303 e. The third kappa shape index (κ3) is 3.47. The van der Waals surface area contributed by atoms with E-state index < -0.39 is 5.97 Å². The van der Waals surface area contributed by atoms with Gasteiger partial charge >= 0.3 is 5.97 Å². The topological polar surface area (TPSA) is 66.6 Å². The van der Waals surface area contributed by atoms with Crippen molar-refractivity contribution < 1.29 is 9.90 Å². The minimum atomic E-state index is -0.805. The number of aryl methyl sites for hydroxylation is 2. The Morgan fingerprint density at radius 2 is 1.89 bits per heavy atom. The van der Waals surface area contributed by atoms with Crippen molar-refractivity contribution in [3.63, 3.8) is 0 Å². The summed E-state index contributed by atoms with van der Waals surface area (Å²) in [5, 5.41) is 8.72. The van der Waals surface area contributed by atoms with Crippen LogP contribution in [0.3, 0.4) is 0 Å². The average molecular weight is 250 g/mol. The highest BCUT2D eigenvalue weighted by Crippen LogP contribution is 2.29.